The van der Waals surface area contributed by atoms with E-state index in [-0.39, 0.29) is 40.2 Å². The number of aromatic nitrogens is 12. The quantitative estimate of drug-likeness (QED) is 0.0704. The number of halogens is 5. The number of carbonyl (C=O) groups excluding carboxylic acids is 4. The van der Waals surface area contributed by atoms with E-state index in [9.17, 15) is 28.0 Å². The first-order valence-electron chi connectivity index (χ1n) is 42.4. The van der Waals surface area contributed by atoms with Crippen LogP contribution in [0.4, 0.5) is 31.5 Å². The molecule has 0 saturated carbocycles. The van der Waals surface area contributed by atoms with Crippen LogP contribution in [0.5, 0.6) is 0 Å². The molecule has 0 aliphatic carbocycles. The summed E-state index contributed by atoms with van der Waals surface area (Å²) in [6, 6.07) is 72.8. The number of pyridine rings is 8. The van der Waals surface area contributed by atoms with Gasteiger partial charge in [0.2, 0.25) is 0 Å². The molecule has 0 bridgehead atoms. The van der Waals surface area contributed by atoms with Gasteiger partial charge in [-0.25, -0.2) is 28.7 Å². The predicted octanol–water partition coefficient (Wildman–Crippen LogP) is 24.8. The van der Waals surface area contributed by atoms with Crippen molar-refractivity contribution in [2.45, 2.75) is 67.7 Å². The lowest BCUT2D eigenvalue weighted by Gasteiger charge is -2.12. The highest BCUT2D eigenvalue weighted by atomic mass is 35.5. The SMILES string of the molecule is Cc1ccc(NC(=O)c2cc(-c3cccn4c(-c5cccc(Cl)c5)ncc34)cnc2C)cc1.Cc1ccc(NC(=O)c2cc(-c3cccn4c(-c5cccc(F)c5F)nc(Cl)c34)cnc2C)cc1.Cc1ccc(NC(=O)c2cc(-c3cccn4c(-c5ccccc5Cl)ncc34)cnc2C)cc1.Cc1ccc(NC(=O)c2cc(-c3cccn4c(C5CCOC5)ncc34)cnc2C)cc1. The van der Waals surface area contributed by atoms with Crippen molar-refractivity contribution in [1.82, 2.24) is 57.5 Å². The fraction of sp³-hybridized carbons (Fsp3) is 0.113. The van der Waals surface area contributed by atoms with Crippen LogP contribution in [0.15, 0.2) is 305 Å². The number of hydrogen-bond donors (Lipinski definition) is 4. The smallest absolute Gasteiger partial charge is 0.257 e. The fourth-order valence-electron chi connectivity index (χ4n) is 15.7. The molecule has 1 saturated heterocycles. The van der Waals surface area contributed by atoms with E-state index < -0.39 is 11.6 Å². The zero-order valence-corrected chi connectivity index (χ0v) is 75.1. The summed E-state index contributed by atoms with van der Waals surface area (Å²) in [5.74, 6) is 0.231. The van der Waals surface area contributed by atoms with E-state index in [0.717, 1.165) is 137 Å². The number of nitrogens with zero attached hydrogens (tertiary/aromatic N) is 12. The van der Waals surface area contributed by atoms with Gasteiger partial charge in [0.15, 0.2) is 16.8 Å². The maximum Gasteiger partial charge on any atom is 0.257 e. The van der Waals surface area contributed by atoms with Gasteiger partial charge in [-0.05, 0) is 195 Å². The van der Waals surface area contributed by atoms with Crippen LogP contribution in [0.2, 0.25) is 15.2 Å². The highest BCUT2D eigenvalue weighted by molar-refractivity contribution is 6.34. The Morgan fingerprint density at radius 1 is 0.356 bits per heavy atom. The molecule has 4 N–H and O–H groups in total. The van der Waals surface area contributed by atoms with Crippen LogP contribution in [-0.4, -0.2) is 94.3 Å². The molecule has 1 fully saturated rings. The number of aryl methyl sites for hydroxylation is 8. The number of hydrogen-bond acceptors (Lipinski definition) is 13. The van der Waals surface area contributed by atoms with E-state index >= 15 is 0 Å². The van der Waals surface area contributed by atoms with Gasteiger partial charge in [0.25, 0.3) is 23.6 Å². The Bertz CT molecular complexity index is 7620. The highest BCUT2D eigenvalue weighted by Crippen LogP contribution is 2.39. The Labute approximate surface area is 774 Å². The summed E-state index contributed by atoms with van der Waals surface area (Å²) < 4.78 is 41.7. The molecule has 1 atom stereocenters. The number of ether oxygens (including phenoxy) is 1. The first kappa shape index (κ1) is 88.5. The molecular formula is C106H85Cl3F2N16O5. The summed E-state index contributed by atoms with van der Waals surface area (Å²) in [6.45, 7) is 16.8. The minimum absolute atomic E-state index is 0.00996. The topological polar surface area (TPSA) is 246 Å². The summed E-state index contributed by atoms with van der Waals surface area (Å²) in [7, 11) is 0. The first-order chi connectivity index (χ1) is 63.9. The third-order valence-corrected chi connectivity index (χ3v) is 23.7. The van der Waals surface area contributed by atoms with E-state index in [1.165, 1.54) is 12.1 Å². The molecule has 7 aromatic carbocycles. The van der Waals surface area contributed by atoms with Gasteiger partial charge in [-0.15, -0.1) is 0 Å². The van der Waals surface area contributed by atoms with Gasteiger partial charge in [-0.3, -0.25) is 52.3 Å². The van der Waals surface area contributed by atoms with E-state index in [2.05, 4.69) is 65.5 Å². The molecule has 1 aliphatic heterocycles. The van der Waals surface area contributed by atoms with Crippen molar-refractivity contribution in [2.75, 3.05) is 34.5 Å². The van der Waals surface area contributed by atoms with Gasteiger partial charge in [0, 0.05) is 146 Å². The largest absolute Gasteiger partial charge is 0.381 e. The highest BCUT2D eigenvalue weighted by Gasteiger charge is 2.27. The zero-order valence-electron chi connectivity index (χ0n) is 72.9. The molecule has 1 unspecified atom stereocenters. The van der Waals surface area contributed by atoms with Gasteiger partial charge in [0.05, 0.1) is 103 Å². The van der Waals surface area contributed by atoms with E-state index in [0.29, 0.717) is 89.9 Å². The summed E-state index contributed by atoms with van der Waals surface area (Å²) >= 11 is 19.1. The predicted molar refractivity (Wildman–Crippen MR) is 519 cm³/mol. The van der Waals surface area contributed by atoms with Crippen LogP contribution >= 0.6 is 34.8 Å². The average molecular weight is 1810 g/mol. The minimum atomic E-state index is -1.01. The molecule has 0 radical (unpaired) electrons. The number of fused-ring (bicyclic) bond motifs is 4. The molecular weight excluding hydrogens is 1720 g/mol. The number of rotatable bonds is 16. The standard InChI is InChI=1S/C27H19ClF2N4O.2C27H21ClN4O.C25H24N4O2/c1-15-8-10-18(11-9-15)32-27(35)21-13-17(14-31-16(21)2)19-6-4-12-34-24(19)25(28)33-26(34)20-5-3-7-22(29)23(20)30;1-17-8-10-22(11-9-17)31-27(33)24-14-20(15-29-18(24)2)23-7-4-12-32-25(23)16-30-26(32)19-5-3-6-21(28)13-19;1-17-9-11-20(12-10-17)31-27(33)23-14-19(15-29-18(23)2)21-7-5-13-32-25(21)16-30-26(32)22-6-3-4-8-24(22)28;1-16-5-7-20(8-6-16)28-25(30)22-12-19(13-26-17(22)2)21-4-3-10-29-23(21)14-27-24(29)18-9-11-31-15-18/h3-14H,1-2H3,(H,32,35);2*3-16H,1-2H3,(H,31,33);3-8,10,12-14,18H,9,11,15H2,1-2H3,(H,28,30). The van der Waals surface area contributed by atoms with Crippen molar-refractivity contribution in [3.8, 4) is 78.7 Å². The van der Waals surface area contributed by atoms with E-state index in [4.69, 9.17) is 39.5 Å². The van der Waals surface area contributed by atoms with Crippen molar-refractivity contribution in [3.05, 3.63) is 405 Å². The molecule has 4 amide bonds. The van der Waals surface area contributed by atoms with Crippen LogP contribution in [0, 0.1) is 67.0 Å². The minimum Gasteiger partial charge on any atom is -0.381 e. The van der Waals surface area contributed by atoms with Crippen LogP contribution in [0.1, 0.15) is 105 Å². The Kier molecular flexibility index (Phi) is 26.0. The number of anilines is 4. The summed E-state index contributed by atoms with van der Waals surface area (Å²) in [5.41, 5.74) is 23.9. The third kappa shape index (κ3) is 19.1. The fourth-order valence-corrected chi connectivity index (χ4v) is 16.4. The normalized spacial score (nSPS) is 12.2. The van der Waals surface area contributed by atoms with Gasteiger partial charge in [-0.2, -0.15) is 0 Å². The van der Waals surface area contributed by atoms with Crippen molar-refractivity contribution < 1.29 is 32.7 Å². The van der Waals surface area contributed by atoms with Crippen LogP contribution in [0.3, 0.4) is 0 Å². The number of amides is 4. The summed E-state index contributed by atoms with van der Waals surface area (Å²) in [5, 5.41) is 13.2. The van der Waals surface area contributed by atoms with Crippen molar-refractivity contribution >= 4 is 103 Å². The summed E-state index contributed by atoms with van der Waals surface area (Å²) in [6.07, 6.45) is 21.2. The second-order valence-electron chi connectivity index (χ2n) is 32.0. The number of imidazole rings is 4. The number of benzene rings is 7. The molecule has 20 rings (SSSR count). The van der Waals surface area contributed by atoms with Crippen LogP contribution in [0.25, 0.3) is 101 Å². The molecule has 19 aromatic rings. The molecule has 13 heterocycles. The third-order valence-electron chi connectivity index (χ3n) is 22.9. The van der Waals surface area contributed by atoms with Gasteiger partial charge >= 0.3 is 0 Å². The number of nitrogens with one attached hydrogen (secondary N) is 4. The molecule has 132 heavy (non-hydrogen) atoms. The second kappa shape index (κ2) is 38.8. The Morgan fingerprint density at radius 3 is 1.17 bits per heavy atom. The molecule has 12 aromatic heterocycles. The first-order valence-corrected chi connectivity index (χ1v) is 43.5. The van der Waals surface area contributed by atoms with Crippen molar-refractivity contribution in [1.29, 1.82) is 0 Å². The van der Waals surface area contributed by atoms with Gasteiger partial charge in [-0.1, -0.05) is 160 Å². The maximum absolute atomic E-state index is 14.5. The molecule has 26 heteroatoms. The molecule has 21 nitrogen and oxygen atoms in total. The molecule has 1 aliphatic rings. The monoisotopic (exact) mass is 1800 g/mol. The van der Waals surface area contributed by atoms with Crippen LogP contribution < -0.4 is 21.3 Å². The van der Waals surface area contributed by atoms with Gasteiger partial charge in [0.1, 0.15) is 23.3 Å². The van der Waals surface area contributed by atoms with Crippen molar-refractivity contribution in [3.63, 3.8) is 0 Å². The average Bonchev–Trinajstić information content (AvgIpc) is 1.61. The lowest BCUT2D eigenvalue weighted by molar-refractivity contribution is 0.101. The van der Waals surface area contributed by atoms with Crippen molar-refractivity contribution in [2.24, 2.45) is 0 Å². The van der Waals surface area contributed by atoms with Gasteiger partial charge < -0.3 is 30.4 Å². The Balaban J connectivity index is 0.000000123. The van der Waals surface area contributed by atoms with Crippen LogP contribution in [-0.2, 0) is 4.74 Å². The summed E-state index contributed by atoms with van der Waals surface area (Å²) in [4.78, 5) is 88.2. The lowest BCUT2D eigenvalue weighted by Crippen LogP contribution is -2.14. The lowest BCUT2D eigenvalue weighted by atomic mass is 10.0. The second-order valence-corrected chi connectivity index (χ2v) is 33.2. The molecule has 654 valence electrons. The zero-order chi connectivity index (χ0) is 92.0. The van der Waals surface area contributed by atoms with E-state index in [1.54, 1.807) is 48.2 Å². The Hall–Kier alpha value is -15.5. The molecule has 0 spiro atoms. The van der Waals surface area contributed by atoms with E-state index in [1.807, 2.05) is 307 Å². The Morgan fingerprint density at radius 2 is 0.735 bits per heavy atom. The number of carbonyl (C=O) groups is 4. The maximum atomic E-state index is 14.5.